The van der Waals surface area contributed by atoms with Crippen molar-refractivity contribution in [1.29, 1.82) is 0 Å². The van der Waals surface area contributed by atoms with Gasteiger partial charge < -0.3 is 26.6 Å². The Bertz CT molecular complexity index is 2390. The molecule has 0 radical (unpaired) electrons. The van der Waals surface area contributed by atoms with E-state index in [1.54, 1.807) is 30.3 Å². The maximum Gasteiger partial charge on any atom is 0.335 e. The van der Waals surface area contributed by atoms with Gasteiger partial charge in [0.15, 0.2) is 0 Å². The Morgan fingerprint density at radius 2 is 1.19 bits per heavy atom. The summed E-state index contributed by atoms with van der Waals surface area (Å²) in [6, 6.07) is 23.2. The van der Waals surface area contributed by atoms with E-state index >= 15 is 0 Å². The van der Waals surface area contributed by atoms with Crippen LogP contribution in [0.4, 0.5) is 15.3 Å². The second-order valence-electron chi connectivity index (χ2n) is 15.0. The normalized spacial score (nSPS) is 20.7. The van der Waals surface area contributed by atoms with Crippen LogP contribution in [0.5, 0.6) is 0 Å². The number of hydrogen-bond donors (Lipinski definition) is 7. The molecule has 8 N–H and O–H groups in total. The Morgan fingerprint density at radius 3 is 1.75 bits per heavy atom. The lowest BCUT2D eigenvalue weighted by Gasteiger charge is -2.31. The molecular weight excluding hydrogens is 890 g/mol. The van der Waals surface area contributed by atoms with Crippen molar-refractivity contribution >= 4 is 79.1 Å². The molecule has 4 aromatic carbocycles. The van der Waals surface area contributed by atoms with Gasteiger partial charge in [0, 0.05) is 40.3 Å². The number of carboxylic acid groups (broad SMARTS) is 2. The van der Waals surface area contributed by atoms with E-state index in [1.165, 1.54) is 16.7 Å². The van der Waals surface area contributed by atoms with Crippen LogP contribution in [0.3, 0.4) is 0 Å². The Morgan fingerprint density at radius 1 is 0.627 bits per heavy atom. The number of imide groups is 2. The summed E-state index contributed by atoms with van der Waals surface area (Å²) >= 11 is 6.66. The predicted octanol–water partition coefficient (Wildman–Crippen LogP) is 5.37. The Balaban J connectivity index is 0.000000136. The molecule has 5 aliphatic rings. The second kappa shape index (κ2) is 18.0. The summed E-state index contributed by atoms with van der Waals surface area (Å²) in [6.07, 6.45) is 5.79. The molecular formula is C43H41Br2N5O9. The van der Waals surface area contributed by atoms with Gasteiger partial charge in [-0.2, -0.15) is 0 Å². The molecule has 2 spiro atoms. The van der Waals surface area contributed by atoms with Crippen LogP contribution in [0.2, 0.25) is 0 Å². The zero-order chi connectivity index (χ0) is 42.5. The minimum absolute atomic E-state index is 0.0828. The highest BCUT2D eigenvalue weighted by Gasteiger charge is 2.49. The molecule has 2 atom stereocenters. The Labute approximate surface area is 356 Å². The van der Waals surface area contributed by atoms with Gasteiger partial charge in [0.25, 0.3) is 11.8 Å². The highest BCUT2D eigenvalue weighted by Crippen LogP contribution is 2.33. The summed E-state index contributed by atoms with van der Waals surface area (Å²) in [5, 5.41) is 27.4. The van der Waals surface area contributed by atoms with E-state index in [2.05, 4.69) is 59.2 Å². The molecule has 4 aromatic rings. The first kappa shape index (κ1) is 42.7. The number of hydrogen-bond acceptors (Lipinski definition) is 8. The molecule has 2 aliphatic heterocycles. The molecule has 2 fully saturated rings. The lowest BCUT2D eigenvalue weighted by molar-refractivity contribution is -0.136. The molecule has 16 heteroatoms. The molecule has 2 unspecified atom stereocenters. The van der Waals surface area contributed by atoms with E-state index in [0.717, 1.165) is 44.0 Å². The minimum atomic E-state index is -0.998. The largest absolute Gasteiger partial charge is 0.481 e. The SMILES string of the molecule is Nc1ccc2c(c1)CC1(CC2)NC(=O)NC1=O.O=C(O)Cc1cccc(Br)c1.O=C1CCc2ccc(Br)cc2C1.O=C1NC(=O)C2(CCc3ccc(C(=O)O)cc3C2)N1. The first-order valence-corrected chi connectivity index (χ1v) is 20.4. The van der Waals surface area contributed by atoms with Crippen LogP contribution >= 0.6 is 31.9 Å². The van der Waals surface area contributed by atoms with Crippen LogP contribution in [0.25, 0.3) is 0 Å². The van der Waals surface area contributed by atoms with Crippen molar-refractivity contribution < 1.29 is 43.8 Å². The third-order valence-electron chi connectivity index (χ3n) is 10.8. The molecule has 0 aromatic heterocycles. The number of rotatable bonds is 3. The molecule has 2 heterocycles. The van der Waals surface area contributed by atoms with Gasteiger partial charge in [0.2, 0.25) is 0 Å². The number of aryl methyl sites for hydroxylation is 3. The standard InChI is InChI=1S/C13H12N2O4.C12H13N3O2.C10H9BrO.C8H7BrO2/c16-10(17)8-2-1-7-3-4-13(6-9(7)5-8)11(18)14-12(19)15-13;13-9-2-1-7-3-4-12(6-8(7)5-9)10(16)14-11(17)15-12;11-9-3-1-7-2-4-10(12)6-8(7)5-9;9-7-3-1-2-6(4-7)5-8(10)11/h1-2,5H,3-4,6H2,(H,16,17)(H2,14,15,18,19);1-2,5H,3-4,6,13H2,(H2,14,15,16,17);1,3,5H,2,4,6H2;1-4H,5H2,(H,10,11). The zero-order valence-corrected chi connectivity index (χ0v) is 34.8. The quantitative estimate of drug-likeness (QED) is 0.103. The number of nitrogens with one attached hydrogen (secondary N) is 4. The highest BCUT2D eigenvalue weighted by molar-refractivity contribution is 9.10. The van der Waals surface area contributed by atoms with Crippen LogP contribution in [-0.4, -0.2) is 62.9 Å². The van der Waals surface area contributed by atoms with Crippen molar-refractivity contribution in [3.05, 3.63) is 132 Å². The predicted molar refractivity (Wildman–Crippen MR) is 224 cm³/mol. The van der Waals surface area contributed by atoms with Crippen LogP contribution < -0.4 is 27.0 Å². The van der Waals surface area contributed by atoms with Gasteiger partial charge in [-0.3, -0.25) is 29.8 Å². The van der Waals surface area contributed by atoms with Crippen molar-refractivity contribution in [2.75, 3.05) is 5.73 Å². The summed E-state index contributed by atoms with van der Waals surface area (Å²) < 4.78 is 1.98. The average molecular weight is 932 g/mol. The molecule has 0 saturated carbocycles. The van der Waals surface area contributed by atoms with E-state index in [9.17, 15) is 33.6 Å². The van der Waals surface area contributed by atoms with Gasteiger partial charge in [-0.1, -0.05) is 62.2 Å². The number of carboxylic acids is 2. The number of nitrogens with two attached hydrogens (primary N) is 1. The van der Waals surface area contributed by atoms with Crippen LogP contribution in [-0.2, 0) is 64.1 Å². The maximum atomic E-state index is 11.9. The number of ketones is 1. The molecule has 59 heavy (non-hydrogen) atoms. The molecule has 0 bridgehead atoms. The zero-order valence-electron chi connectivity index (χ0n) is 31.7. The molecule has 3 aliphatic carbocycles. The number of carbonyl (C=O) groups excluding carboxylic acids is 5. The monoisotopic (exact) mass is 929 g/mol. The number of anilines is 1. The number of halogens is 2. The van der Waals surface area contributed by atoms with Gasteiger partial charge in [-0.05, 0) is 120 Å². The fourth-order valence-corrected chi connectivity index (χ4v) is 8.66. The number of aliphatic carboxylic acids is 1. The number of carbonyl (C=O) groups is 7. The summed E-state index contributed by atoms with van der Waals surface area (Å²) in [7, 11) is 0. The van der Waals surface area contributed by atoms with Crippen molar-refractivity contribution in [2.45, 2.75) is 75.3 Å². The fraction of sp³-hybridized carbons (Fsp3) is 0.279. The van der Waals surface area contributed by atoms with E-state index in [1.807, 2.05) is 42.5 Å². The van der Waals surface area contributed by atoms with Gasteiger partial charge >= 0.3 is 24.0 Å². The smallest absolute Gasteiger partial charge is 0.335 e. The first-order valence-electron chi connectivity index (χ1n) is 18.8. The third-order valence-corrected chi connectivity index (χ3v) is 11.8. The van der Waals surface area contributed by atoms with E-state index in [4.69, 9.17) is 15.9 Å². The number of aromatic carboxylic acids is 1. The van der Waals surface area contributed by atoms with Gasteiger partial charge in [-0.25, -0.2) is 14.4 Å². The van der Waals surface area contributed by atoms with Gasteiger partial charge in [0.1, 0.15) is 16.9 Å². The second-order valence-corrected chi connectivity index (χ2v) is 16.8. The fourth-order valence-electron chi connectivity index (χ4n) is 7.80. The first-order chi connectivity index (χ1) is 28.0. The van der Waals surface area contributed by atoms with Crippen LogP contribution in [0, 0.1) is 0 Å². The van der Waals surface area contributed by atoms with Crippen molar-refractivity contribution in [1.82, 2.24) is 21.3 Å². The molecule has 9 rings (SSSR count). The summed E-state index contributed by atoms with van der Waals surface area (Å²) in [4.78, 5) is 78.6. The molecule has 6 amide bonds. The summed E-state index contributed by atoms with van der Waals surface area (Å²) in [5.41, 5.74) is 12.4. The van der Waals surface area contributed by atoms with Crippen molar-refractivity contribution in [3.8, 4) is 0 Å². The van der Waals surface area contributed by atoms with E-state index < -0.39 is 35.1 Å². The van der Waals surface area contributed by atoms with Gasteiger partial charge in [0.05, 0.1) is 12.0 Å². The Kier molecular flexibility index (Phi) is 13.0. The Hall–Kier alpha value is -5.87. The maximum absolute atomic E-state index is 11.9. The number of benzene rings is 4. The van der Waals surface area contributed by atoms with Gasteiger partial charge in [-0.15, -0.1) is 0 Å². The number of amides is 6. The molecule has 306 valence electrons. The molecule has 14 nitrogen and oxygen atoms in total. The van der Waals surface area contributed by atoms with Crippen LogP contribution in [0.1, 0.15) is 68.6 Å². The van der Waals surface area contributed by atoms with E-state index in [0.29, 0.717) is 56.4 Å². The molecule has 2 saturated heterocycles. The topological polar surface area (TPSA) is 234 Å². The van der Waals surface area contributed by atoms with Crippen LogP contribution in [0.15, 0.2) is 87.8 Å². The lowest BCUT2D eigenvalue weighted by Crippen LogP contribution is -2.51. The average Bonchev–Trinajstić information content (AvgIpc) is 3.60. The van der Waals surface area contributed by atoms with Crippen molar-refractivity contribution in [3.63, 3.8) is 0 Å². The third kappa shape index (κ3) is 10.4. The highest BCUT2D eigenvalue weighted by atomic mass is 79.9. The van der Waals surface area contributed by atoms with E-state index in [-0.39, 0.29) is 23.8 Å². The van der Waals surface area contributed by atoms with Crippen molar-refractivity contribution in [2.24, 2.45) is 0 Å². The number of fused-ring (bicyclic) bond motifs is 3. The summed E-state index contributed by atoms with van der Waals surface area (Å²) in [5.74, 6) is -1.99. The summed E-state index contributed by atoms with van der Waals surface area (Å²) in [6.45, 7) is 0. The number of urea groups is 2. The number of Topliss-reactive ketones (excluding diaryl/α,β-unsaturated/α-hetero) is 1. The lowest BCUT2D eigenvalue weighted by atomic mass is 9.77. The minimum Gasteiger partial charge on any atom is -0.481 e. The number of nitrogen functional groups attached to an aromatic ring is 1.